The highest BCUT2D eigenvalue weighted by Crippen LogP contribution is 2.38. The third kappa shape index (κ3) is 4.68. The normalized spacial score (nSPS) is 26.1. The summed E-state index contributed by atoms with van der Waals surface area (Å²) in [7, 11) is 0. The average molecular weight is 272 g/mol. The van der Waals surface area contributed by atoms with Gasteiger partial charge in [0.15, 0.2) is 0 Å². The average Bonchev–Trinajstić information content (AvgIpc) is 3.10. The first-order valence-corrected chi connectivity index (χ1v) is 6.62. The van der Waals surface area contributed by atoms with Gasteiger partial charge in [-0.15, -0.1) is 0 Å². The highest BCUT2D eigenvalue weighted by molar-refractivity contribution is 5.74. The van der Waals surface area contributed by atoms with Crippen molar-refractivity contribution in [1.82, 2.24) is 10.6 Å². The molecule has 0 aromatic rings. The molecule has 2 fully saturated rings. The van der Waals surface area contributed by atoms with Crippen molar-refractivity contribution in [2.24, 2.45) is 5.92 Å². The van der Waals surface area contributed by atoms with Crippen molar-refractivity contribution < 1.29 is 24.2 Å². The van der Waals surface area contributed by atoms with Crippen LogP contribution in [0.1, 0.15) is 19.3 Å². The lowest BCUT2D eigenvalue weighted by Crippen LogP contribution is -2.47. The first kappa shape index (κ1) is 14.1. The van der Waals surface area contributed by atoms with Crippen molar-refractivity contribution in [1.29, 1.82) is 0 Å². The van der Waals surface area contributed by atoms with Crippen LogP contribution in [-0.4, -0.2) is 55.6 Å². The van der Waals surface area contributed by atoms with Crippen molar-refractivity contribution in [2.75, 3.05) is 26.4 Å². The zero-order valence-corrected chi connectivity index (χ0v) is 10.8. The number of nitrogens with one attached hydrogen (secondary N) is 2. The summed E-state index contributed by atoms with van der Waals surface area (Å²) in [5, 5.41) is 13.9. The molecule has 1 heterocycles. The van der Waals surface area contributed by atoms with Crippen LogP contribution in [-0.2, 0) is 14.3 Å². The molecule has 7 nitrogen and oxygen atoms in total. The third-order valence-corrected chi connectivity index (χ3v) is 3.30. The van der Waals surface area contributed by atoms with Gasteiger partial charge in [-0.2, -0.15) is 0 Å². The van der Waals surface area contributed by atoms with E-state index in [0.717, 1.165) is 6.42 Å². The Balaban J connectivity index is 1.57. The van der Waals surface area contributed by atoms with Crippen molar-refractivity contribution in [3.8, 4) is 0 Å². The number of ether oxygens (including phenoxy) is 2. The number of carbonyl (C=O) groups is 2. The summed E-state index contributed by atoms with van der Waals surface area (Å²) < 4.78 is 10.4. The van der Waals surface area contributed by atoms with E-state index < -0.39 is 5.97 Å². The van der Waals surface area contributed by atoms with E-state index in [1.807, 2.05) is 0 Å². The van der Waals surface area contributed by atoms with Crippen LogP contribution in [0.25, 0.3) is 0 Å². The molecule has 0 aromatic carbocycles. The van der Waals surface area contributed by atoms with E-state index in [-0.39, 0.29) is 31.4 Å². The van der Waals surface area contributed by atoms with Crippen LogP contribution in [0.2, 0.25) is 0 Å². The van der Waals surface area contributed by atoms with E-state index in [1.165, 1.54) is 12.8 Å². The lowest BCUT2D eigenvalue weighted by atomic mass is 10.1. The lowest BCUT2D eigenvalue weighted by molar-refractivity contribution is -0.142. The van der Waals surface area contributed by atoms with Crippen LogP contribution in [0.3, 0.4) is 0 Å². The van der Waals surface area contributed by atoms with Crippen LogP contribution >= 0.6 is 0 Å². The number of hydrogen-bond donors (Lipinski definition) is 3. The molecule has 0 radical (unpaired) electrons. The van der Waals surface area contributed by atoms with Crippen LogP contribution in [0.5, 0.6) is 0 Å². The molecule has 2 atom stereocenters. The maximum Gasteiger partial charge on any atom is 0.329 e. The second kappa shape index (κ2) is 6.72. The molecule has 1 saturated heterocycles. The summed E-state index contributed by atoms with van der Waals surface area (Å²) in [5.41, 5.74) is 0. The first-order valence-electron chi connectivity index (χ1n) is 6.62. The zero-order chi connectivity index (χ0) is 13.7. The van der Waals surface area contributed by atoms with E-state index in [1.54, 1.807) is 0 Å². The molecule has 0 aromatic heterocycles. The summed E-state index contributed by atoms with van der Waals surface area (Å²) in [6.07, 6.45) is 3.39. The van der Waals surface area contributed by atoms with Gasteiger partial charge in [-0.05, 0) is 25.2 Å². The van der Waals surface area contributed by atoms with Crippen LogP contribution in [0.15, 0.2) is 0 Å². The number of rotatable bonds is 7. The molecule has 1 aliphatic heterocycles. The monoisotopic (exact) mass is 272 g/mol. The maximum atomic E-state index is 11.6. The molecule has 3 N–H and O–H groups in total. The topological polar surface area (TPSA) is 96.9 Å². The number of urea groups is 1. The minimum Gasteiger partial charge on any atom is -0.480 e. The Morgan fingerprint density at radius 1 is 1.32 bits per heavy atom. The SMILES string of the molecule is O=C(O)COCCNC(=O)NC1CCOC1C1CC1. The molecule has 2 amide bonds. The van der Waals surface area contributed by atoms with Gasteiger partial charge in [0.05, 0.1) is 18.8 Å². The Hall–Kier alpha value is -1.34. The van der Waals surface area contributed by atoms with Gasteiger partial charge in [0.25, 0.3) is 0 Å². The number of carbonyl (C=O) groups excluding carboxylic acids is 1. The molecule has 0 spiro atoms. The molecule has 1 aliphatic carbocycles. The number of aliphatic carboxylic acids is 1. The highest BCUT2D eigenvalue weighted by Gasteiger charge is 2.41. The van der Waals surface area contributed by atoms with Gasteiger partial charge in [0.2, 0.25) is 0 Å². The molecule has 7 heteroatoms. The van der Waals surface area contributed by atoms with E-state index >= 15 is 0 Å². The maximum absolute atomic E-state index is 11.6. The van der Waals surface area contributed by atoms with Gasteiger partial charge in [-0.3, -0.25) is 0 Å². The van der Waals surface area contributed by atoms with E-state index in [2.05, 4.69) is 10.6 Å². The van der Waals surface area contributed by atoms with Crippen molar-refractivity contribution in [3.05, 3.63) is 0 Å². The Labute approximate surface area is 111 Å². The molecular weight excluding hydrogens is 252 g/mol. The largest absolute Gasteiger partial charge is 0.480 e. The fourth-order valence-electron chi connectivity index (χ4n) is 2.27. The second-order valence-electron chi connectivity index (χ2n) is 4.91. The highest BCUT2D eigenvalue weighted by atomic mass is 16.5. The predicted molar refractivity (Wildman–Crippen MR) is 65.9 cm³/mol. The molecule has 2 rings (SSSR count). The number of amides is 2. The summed E-state index contributed by atoms with van der Waals surface area (Å²) in [6, 6.07) is -0.160. The lowest BCUT2D eigenvalue weighted by Gasteiger charge is -2.19. The van der Waals surface area contributed by atoms with Gasteiger partial charge in [0.1, 0.15) is 6.61 Å². The Morgan fingerprint density at radius 3 is 2.79 bits per heavy atom. The standard InChI is InChI=1S/C12H20N2O5/c15-10(16)7-18-6-4-13-12(17)14-9-3-5-19-11(9)8-1-2-8/h8-9,11H,1-7H2,(H,15,16)(H2,13,14,17). The van der Waals surface area contributed by atoms with Crippen molar-refractivity contribution in [3.63, 3.8) is 0 Å². The molecule has 19 heavy (non-hydrogen) atoms. The van der Waals surface area contributed by atoms with E-state index in [9.17, 15) is 9.59 Å². The second-order valence-corrected chi connectivity index (χ2v) is 4.91. The molecule has 0 bridgehead atoms. The smallest absolute Gasteiger partial charge is 0.329 e. The molecule has 2 aliphatic rings. The third-order valence-electron chi connectivity index (χ3n) is 3.30. The number of hydrogen-bond acceptors (Lipinski definition) is 4. The quantitative estimate of drug-likeness (QED) is 0.565. The van der Waals surface area contributed by atoms with E-state index in [0.29, 0.717) is 19.1 Å². The predicted octanol–water partition coefficient (Wildman–Crippen LogP) is -0.0457. The zero-order valence-electron chi connectivity index (χ0n) is 10.8. The van der Waals surface area contributed by atoms with Gasteiger partial charge in [0, 0.05) is 13.2 Å². The van der Waals surface area contributed by atoms with E-state index in [4.69, 9.17) is 14.6 Å². The molecule has 1 saturated carbocycles. The van der Waals surface area contributed by atoms with Gasteiger partial charge in [-0.1, -0.05) is 0 Å². The fourth-order valence-corrected chi connectivity index (χ4v) is 2.27. The van der Waals surface area contributed by atoms with Gasteiger partial charge >= 0.3 is 12.0 Å². The minimum absolute atomic E-state index is 0.0902. The van der Waals surface area contributed by atoms with Gasteiger partial charge in [-0.25, -0.2) is 9.59 Å². The molecule has 2 unspecified atom stereocenters. The molecular formula is C12H20N2O5. The first-order chi connectivity index (χ1) is 9.16. The number of carboxylic acid groups (broad SMARTS) is 1. The summed E-state index contributed by atoms with van der Waals surface area (Å²) >= 11 is 0. The van der Waals surface area contributed by atoms with Gasteiger partial charge < -0.3 is 25.2 Å². The number of carboxylic acids is 1. The Morgan fingerprint density at radius 2 is 2.11 bits per heavy atom. The summed E-state index contributed by atoms with van der Waals surface area (Å²) in [4.78, 5) is 21.8. The summed E-state index contributed by atoms with van der Waals surface area (Å²) in [6.45, 7) is 0.838. The van der Waals surface area contributed by atoms with Crippen LogP contribution in [0.4, 0.5) is 4.79 Å². The van der Waals surface area contributed by atoms with Crippen LogP contribution < -0.4 is 10.6 Å². The molecule has 108 valence electrons. The fraction of sp³-hybridized carbons (Fsp3) is 0.833. The minimum atomic E-state index is -1.01. The summed E-state index contributed by atoms with van der Waals surface area (Å²) in [5.74, 6) is -0.411. The van der Waals surface area contributed by atoms with Crippen molar-refractivity contribution in [2.45, 2.75) is 31.4 Å². The van der Waals surface area contributed by atoms with Crippen molar-refractivity contribution >= 4 is 12.0 Å². The Bertz CT molecular complexity index is 332. The Kier molecular flexibility index (Phi) is 4.98. The van der Waals surface area contributed by atoms with Crippen LogP contribution in [0, 0.1) is 5.92 Å².